The van der Waals surface area contributed by atoms with Crippen molar-refractivity contribution in [3.05, 3.63) is 18.5 Å². The molecule has 0 radical (unpaired) electrons. The fourth-order valence-corrected chi connectivity index (χ4v) is 1.66. The number of nitrogens with zero attached hydrogens (tertiary/aromatic N) is 3. The van der Waals surface area contributed by atoms with Crippen molar-refractivity contribution in [2.75, 3.05) is 33.4 Å². The lowest BCUT2D eigenvalue weighted by molar-refractivity contribution is 0.114. The average molecular weight is 409 g/mol. The molecule has 0 bridgehead atoms. The highest BCUT2D eigenvalue weighted by atomic mass is 127. The fourth-order valence-electron chi connectivity index (χ4n) is 1.66. The summed E-state index contributed by atoms with van der Waals surface area (Å²) in [5, 5.41) is 10.7. The predicted octanol–water partition coefficient (Wildman–Crippen LogP) is 1.73. The smallest absolute Gasteiger partial charge is 0.191 e. The maximum atomic E-state index is 5.51. The van der Waals surface area contributed by atoms with E-state index in [1.807, 2.05) is 16.9 Å². The number of nitrogens with one attached hydrogen (secondary N) is 2. The monoisotopic (exact) mass is 409 g/mol. The molecule has 2 N–H and O–H groups in total. The van der Waals surface area contributed by atoms with Gasteiger partial charge in [-0.25, -0.2) is 0 Å². The third kappa shape index (κ3) is 10.5. The van der Waals surface area contributed by atoms with Crippen LogP contribution in [0.4, 0.5) is 0 Å². The summed E-state index contributed by atoms with van der Waals surface area (Å²) < 4.78 is 7.44. The van der Waals surface area contributed by atoms with Crippen molar-refractivity contribution in [3.8, 4) is 0 Å². The van der Waals surface area contributed by atoms with Gasteiger partial charge in [0, 0.05) is 45.7 Å². The number of aryl methyl sites for hydroxylation is 1. The van der Waals surface area contributed by atoms with Gasteiger partial charge >= 0.3 is 0 Å². The van der Waals surface area contributed by atoms with Gasteiger partial charge < -0.3 is 15.4 Å². The van der Waals surface area contributed by atoms with E-state index < -0.39 is 0 Å². The molecule has 1 rings (SSSR count). The van der Waals surface area contributed by atoms with Crippen molar-refractivity contribution in [2.45, 2.75) is 26.8 Å². The van der Waals surface area contributed by atoms with E-state index in [9.17, 15) is 0 Å². The first kappa shape index (κ1) is 20.2. The lowest BCUT2D eigenvalue weighted by atomic mass is 10.2. The zero-order valence-electron chi connectivity index (χ0n) is 13.2. The highest BCUT2D eigenvalue weighted by molar-refractivity contribution is 14.0. The van der Waals surface area contributed by atoms with Crippen LogP contribution in [0.5, 0.6) is 0 Å². The number of halogens is 1. The second kappa shape index (κ2) is 12.9. The van der Waals surface area contributed by atoms with Crippen LogP contribution in [0.1, 0.15) is 20.3 Å². The number of rotatable bonds is 9. The van der Waals surface area contributed by atoms with E-state index in [-0.39, 0.29) is 24.0 Å². The molecule has 0 aliphatic carbocycles. The lowest BCUT2D eigenvalue weighted by Gasteiger charge is -2.12. The van der Waals surface area contributed by atoms with Crippen molar-refractivity contribution >= 4 is 29.9 Å². The van der Waals surface area contributed by atoms with Crippen LogP contribution in [0, 0.1) is 5.92 Å². The Kier molecular flexibility index (Phi) is 12.4. The van der Waals surface area contributed by atoms with Crippen LogP contribution in [-0.4, -0.2) is 49.1 Å². The molecule has 1 aromatic heterocycles. The largest absolute Gasteiger partial charge is 0.379 e. The molecule has 0 saturated heterocycles. The Hall–Kier alpha value is -0.830. The van der Waals surface area contributed by atoms with Crippen molar-refractivity contribution in [2.24, 2.45) is 10.9 Å². The fraction of sp³-hybridized carbons (Fsp3) is 0.714. The number of aromatic nitrogens is 2. The molecule has 1 aromatic rings. The SMILES string of the molecule is CN=C(NCCCn1cccn1)NCCOCC(C)C.I. The van der Waals surface area contributed by atoms with Crippen molar-refractivity contribution in [3.63, 3.8) is 0 Å². The van der Waals surface area contributed by atoms with Gasteiger partial charge in [0.25, 0.3) is 0 Å². The maximum Gasteiger partial charge on any atom is 0.191 e. The van der Waals surface area contributed by atoms with Crippen molar-refractivity contribution < 1.29 is 4.74 Å². The van der Waals surface area contributed by atoms with Gasteiger partial charge in [-0.2, -0.15) is 5.10 Å². The second-order valence-electron chi connectivity index (χ2n) is 5.02. The van der Waals surface area contributed by atoms with Gasteiger partial charge in [-0.3, -0.25) is 9.67 Å². The summed E-state index contributed by atoms with van der Waals surface area (Å²) in [5.41, 5.74) is 0. The molecular formula is C14H28IN5O. The number of ether oxygens (including phenoxy) is 1. The minimum Gasteiger partial charge on any atom is -0.379 e. The van der Waals surface area contributed by atoms with Crippen LogP contribution in [0.3, 0.4) is 0 Å². The number of hydrogen-bond donors (Lipinski definition) is 2. The summed E-state index contributed by atoms with van der Waals surface area (Å²) in [4.78, 5) is 4.17. The number of hydrogen-bond acceptors (Lipinski definition) is 3. The predicted molar refractivity (Wildman–Crippen MR) is 97.3 cm³/mol. The minimum atomic E-state index is 0. The summed E-state index contributed by atoms with van der Waals surface area (Å²) in [7, 11) is 1.78. The van der Waals surface area contributed by atoms with Crippen molar-refractivity contribution in [1.29, 1.82) is 0 Å². The molecule has 0 saturated carbocycles. The van der Waals surface area contributed by atoms with E-state index >= 15 is 0 Å². The quantitative estimate of drug-likeness (QED) is 0.282. The van der Waals surface area contributed by atoms with Gasteiger partial charge in [0.1, 0.15) is 0 Å². The standard InChI is InChI=1S/C14H27N5O.HI/c1-13(2)12-20-11-8-17-14(15-3)16-6-4-9-19-10-5-7-18-19;/h5,7,10,13H,4,6,8-9,11-12H2,1-3H3,(H2,15,16,17);1H. The second-order valence-corrected chi connectivity index (χ2v) is 5.02. The van der Waals surface area contributed by atoms with Gasteiger partial charge in [-0.1, -0.05) is 13.8 Å². The molecule has 1 heterocycles. The van der Waals surface area contributed by atoms with E-state index in [0.29, 0.717) is 12.5 Å². The molecule has 0 atom stereocenters. The minimum absolute atomic E-state index is 0. The Morgan fingerprint density at radius 1 is 1.33 bits per heavy atom. The molecule has 6 nitrogen and oxygen atoms in total. The molecule has 0 fully saturated rings. The Morgan fingerprint density at radius 2 is 2.10 bits per heavy atom. The third-order valence-corrected chi connectivity index (χ3v) is 2.63. The Balaban J connectivity index is 0.00000400. The molecule has 21 heavy (non-hydrogen) atoms. The molecule has 122 valence electrons. The summed E-state index contributed by atoms with van der Waals surface area (Å²) in [6.45, 7) is 8.34. The third-order valence-electron chi connectivity index (χ3n) is 2.63. The lowest BCUT2D eigenvalue weighted by Crippen LogP contribution is -2.39. The normalized spacial score (nSPS) is 11.3. The van der Waals surface area contributed by atoms with Gasteiger partial charge in [-0.15, -0.1) is 24.0 Å². The van der Waals surface area contributed by atoms with E-state index in [2.05, 4.69) is 34.6 Å². The topological polar surface area (TPSA) is 63.5 Å². The van der Waals surface area contributed by atoms with Crippen LogP contribution in [0.15, 0.2) is 23.5 Å². The number of aliphatic imine (C=N–C) groups is 1. The van der Waals surface area contributed by atoms with E-state index in [4.69, 9.17) is 4.74 Å². The molecule has 7 heteroatoms. The van der Waals surface area contributed by atoms with Crippen LogP contribution >= 0.6 is 24.0 Å². The summed E-state index contributed by atoms with van der Waals surface area (Å²) in [6.07, 6.45) is 4.77. The molecule has 0 aliphatic rings. The molecular weight excluding hydrogens is 381 g/mol. The van der Waals surface area contributed by atoms with Crippen LogP contribution < -0.4 is 10.6 Å². The molecule has 0 aromatic carbocycles. The highest BCUT2D eigenvalue weighted by Gasteiger charge is 1.98. The first-order valence-corrected chi connectivity index (χ1v) is 7.22. The van der Waals surface area contributed by atoms with Gasteiger partial charge in [-0.05, 0) is 18.4 Å². The summed E-state index contributed by atoms with van der Waals surface area (Å²) in [6, 6.07) is 1.94. The molecule has 0 amide bonds. The zero-order valence-corrected chi connectivity index (χ0v) is 15.5. The Morgan fingerprint density at radius 3 is 2.71 bits per heavy atom. The summed E-state index contributed by atoms with van der Waals surface area (Å²) >= 11 is 0. The van der Waals surface area contributed by atoms with Gasteiger partial charge in [0.05, 0.1) is 6.61 Å². The Labute approximate surface area is 144 Å². The molecule has 0 unspecified atom stereocenters. The van der Waals surface area contributed by atoms with Gasteiger partial charge in [0.15, 0.2) is 5.96 Å². The first-order chi connectivity index (χ1) is 9.72. The van der Waals surface area contributed by atoms with E-state index in [0.717, 1.165) is 38.6 Å². The number of guanidine groups is 1. The van der Waals surface area contributed by atoms with Gasteiger partial charge in [0.2, 0.25) is 0 Å². The van der Waals surface area contributed by atoms with Crippen LogP contribution in [-0.2, 0) is 11.3 Å². The Bertz CT molecular complexity index is 367. The maximum absolute atomic E-state index is 5.51. The summed E-state index contributed by atoms with van der Waals surface area (Å²) in [5.74, 6) is 1.40. The van der Waals surface area contributed by atoms with E-state index in [1.54, 1.807) is 13.2 Å². The molecule has 0 aliphatic heterocycles. The van der Waals surface area contributed by atoms with Crippen molar-refractivity contribution in [1.82, 2.24) is 20.4 Å². The molecule has 0 spiro atoms. The van der Waals surface area contributed by atoms with Crippen LogP contribution in [0.2, 0.25) is 0 Å². The first-order valence-electron chi connectivity index (χ1n) is 7.22. The van der Waals surface area contributed by atoms with E-state index in [1.165, 1.54) is 0 Å². The average Bonchev–Trinajstić information content (AvgIpc) is 2.93. The zero-order chi connectivity index (χ0) is 14.6. The highest BCUT2D eigenvalue weighted by Crippen LogP contribution is 1.91. The van der Waals surface area contributed by atoms with Crippen LogP contribution in [0.25, 0.3) is 0 Å².